The maximum absolute atomic E-state index is 13.1. The lowest BCUT2D eigenvalue weighted by Gasteiger charge is -2.09. The van der Waals surface area contributed by atoms with E-state index >= 15 is 0 Å². The normalized spacial score (nSPS) is 12.7. The van der Waals surface area contributed by atoms with E-state index in [2.05, 4.69) is 0 Å². The predicted molar refractivity (Wildman–Crippen MR) is 92.1 cm³/mol. The molecule has 3 aromatic carbocycles. The van der Waals surface area contributed by atoms with E-state index < -0.39 is 11.0 Å². The first kappa shape index (κ1) is 13.1. The number of benzene rings is 3. The van der Waals surface area contributed by atoms with Crippen molar-refractivity contribution >= 4 is 38.3 Å². The first-order valence-electron chi connectivity index (χ1n) is 7.01. The van der Waals surface area contributed by atoms with Crippen LogP contribution in [0, 0.1) is 0 Å². The molecule has 0 saturated carbocycles. The van der Waals surface area contributed by atoms with Crippen molar-refractivity contribution in [3.8, 4) is 0 Å². The molecule has 0 fully saturated rings. The SMILES string of the molecule is Nc1cccc2c1ccn2S(=O)c1cccc2ccccc12. The summed E-state index contributed by atoms with van der Waals surface area (Å²) in [5.74, 6) is 0. The van der Waals surface area contributed by atoms with Crippen molar-refractivity contribution in [2.75, 3.05) is 5.73 Å². The molecule has 0 saturated heterocycles. The van der Waals surface area contributed by atoms with Crippen LogP contribution in [0.5, 0.6) is 0 Å². The number of aromatic nitrogens is 1. The number of nitrogens with two attached hydrogens (primary N) is 1. The molecule has 108 valence electrons. The Bertz CT molecular complexity index is 1010. The average Bonchev–Trinajstić information content (AvgIpc) is 2.99. The molecular weight excluding hydrogens is 292 g/mol. The average molecular weight is 306 g/mol. The molecule has 1 atom stereocenters. The highest BCUT2D eigenvalue weighted by Gasteiger charge is 2.13. The first-order chi connectivity index (χ1) is 10.8. The van der Waals surface area contributed by atoms with Gasteiger partial charge in [0.15, 0.2) is 11.0 Å². The van der Waals surface area contributed by atoms with E-state index in [1.54, 1.807) is 3.97 Å². The summed E-state index contributed by atoms with van der Waals surface area (Å²) in [6.45, 7) is 0. The topological polar surface area (TPSA) is 48.0 Å². The zero-order valence-corrected chi connectivity index (χ0v) is 12.6. The maximum Gasteiger partial charge on any atom is 0.157 e. The largest absolute Gasteiger partial charge is 0.398 e. The molecule has 0 spiro atoms. The van der Waals surface area contributed by atoms with Gasteiger partial charge in [-0.05, 0) is 35.0 Å². The fraction of sp³-hybridized carbons (Fsp3) is 0. The standard InChI is InChI=1S/C18H14N2OS/c19-16-8-4-9-17-15(16)11-12-20(17)22(21)18-10-3-6-13-5-1-2-7-14(13)18/h1-12H,19H2. The van der Waals surface area contributed by atoms with Crippen LogP contribution in [0.4, 0.5) is 5.69 Å². The van der Waals surface area contributed by atoms with Gasteiger partial charge in [-0.25, -0.2) is 4.21 Å². The van der Waals surface area contributed by atoms with Gasteiger partial charge in [0.1, 0.15) is 0 Å². The molecule has 2 N–H and O–H groups in total. The quantitative estimate of drug-likeness (QED) is 0.570. The fourth-order valence-corrected chi connectivity index (χ4v) is 4.06. The van der Waals surface area contributed by atoms with Gasteiger partial charge >= 0.3 is 0 Å². The third-order valence-corrected chi connectivity index (χ3v) is 5.26. The van der Waals surface area contributed by atoms with Crippen LogP contribution in [0.15, 0.2) is 77.8 Å². The van der Waals surface area contributed by atoms with Crippen molar-refractivity contribution in [2.24, 2.45) is 0 Å². The van der Waals surface area contributed by atoms with E-state index in [-0.39, 0.29) is 0 Å². The molecule has 22 heavy (non-hydrogen) atoms. The highest BCUT2D eigenvalue weighted by atomic mass is 32.2. The summed E-state index contributed by atoms with van der Waals surface area (Å²) in [5.41, 5.74) is 7.57. The van der Waals surface area contributed by atoms with Crippen molar-refractivity contribution in [2.45, 2.75) is 4.90 Å². The van der Waals surface area contributed by atoms with E-state index in [0.717, 1.165) is 26.6 Å². The summed E-state index contributed by atoms with van der Waals surface area (Å²) in [5, 5.41) is 3.02. The Balaban J connectivity index is 1.95. The number of anilines is 1. The second-order valence-corrected chi connectivity index (χ2v) is 6.48. The second kappa shape index (κ2) is 5.00. The van der Waals surface area contributed by atoms with Gasteiger partial charge in [-0.15, -0.1) is 0 Å². The minimum atomic E-state index is -1.31. The zero-order valence-electron chi connectivity index (χ0n) is 11.8. The van der Waals surface area contributed by atoms with Gasteiger partial charge in [0.2, 0.25) is 0 Å². The van der Waals surface area contributed by atoms with Crippen molar-refractivity contribution < 1.29 is 4.21 Å². The third-order valence-electron chi connectivity index (χ3n) is 3.85. The fourth-order valence-electron chi connectivity index (χ4n) is 2.77. The van der Waals surface area contributed by atoms with Crippen molar-refractivity contribution in [3.05, 3.63) is 72.9 Å². The lowest BCUT2D eigenvalue weighted by molar-refractivity contribution is 0.679. The van der Waals surface area contributed by atoms with E-state index in [1.165, 1.54) is 0 Å². The molecule has 1 unspecified atom stereocenters. The van der Waals surface area contributed by atoms with Crippen molar-refractivity contribution in [3.63, 3.8) is 0 Å². The van der Waals surface area contributed by atoms with Gasteiger partial charge in [-0.2, -0.15) is 0 Å². The maximum atomic E-state index is 13.1. The lowest BCUT2D eigenvalue weighted by Crippen LogP contribution is -2.04. The summed E-state index contributed by atoms with van der Waals surface area (Å²) in [6.07, 6.45) is 1.83. The summed E-state index contributed by atoms with van der Waals surface area (Å²) >= 11 is 0. The van der Waals surface area contributed by atoms with E-state index in [9.17, 15) is 4.21 Å². The number of rotatable bonds is 2. The third kappa shape index (κ3) is 1.92. The zero-order chi connectivity index (χ0) is 15.1. The second-order valence-electron chi connectivity index (χ2n) is 5.15. The number of hydrogen-bond donors (Lipinski definition) is 1. The van der Waals surface area contributed by atoms with Gasteiger partial charge in [-0.3, -0.25) is 3.97 Å². The van der Waals surface area contributed by atoms with Crippen molar-refractivity contribution in [1.82, 2.24) is 3.97 Å². The number of nitrogens with zero attached hydrogens (tertiary/aromatic N) is 1. The van der Waals surface area contributed by atoms with Gasteiger partial charge in [0.05, 0.1) is 10.4 Å². The number of hydrogen-bond acceptors (Lipinski definition) is 2. The monoisotopic (exact) mass is 306 g/mol. The minimum Gasteiger partial charge on any atom is -0.398 e. The Hall–Kier alpha value is -2.59. The number of fused-ring (bicyclic) bond motifs is 2. The molecule has 0 radical (unpaired) electrons. The summed E-state index contributed by atoms with van der Waals surface area (Å²) in [6, 6.07) is 21.5. The van der Waals surface area contributed by atoms with Gasteiger partial charge in [0, 0.05) is 17.3 Å². The van der Waals surface area contributed by atoms with Gasteiger partial charge in [0.25, 0.3) is 0 Å². The molecule has 4 heteroatoms. The van der Waals surface area contributed by atoms with Crippen LogP contribution in [-0.2, 0) is 11.0 Å². The Morgan fingerprint density at radius 1 is 0.818 bits per heavy atom. The molecule has 0 aliphatic rings. The molecule has 0 bridgehead atoms. The summed E-state index contributed by atoms with van der Waals surface area (Å²) in [7, 11) is -1.31. The van der Waals surface area contributed by atoms with Gasteiger partial charge < -0.3 is 5.73 Å². The Morgan fingerprint density at radius 3 is 2.50 bits per heavy atom. The Labute approximate surface area is 130 Å². The summed E-state index contributed by atoms with van der Waals surface area (Å²) in [4.78, 5) is 0.804. The van der Waals surface area contributed by atoms with Crippen LogP contribution in [0.2, 0.25) is 0 Å². The summed E-state index contributed by atoms with van der Waals surface area (Å²) < 4.78 is 14.9. The molecule has 0 amide bonds. The molecule has 4 rings (SSSR count). The predicted octanol–water partition coefficient (Wildman–Crippen LogP) is 3.95. The van der Waals surface area contributed by atoms with Gasteiger partial charge in [-0.1, -0.05) is 42.5 Å². The van der Waals surface area contributed by atoms with E-state index in [4.69, 9.17) is 5.73 Å². The van der Waals surface area contributed by atoms with Crippen LogP contribution in [0.1, 0.15) is 0 Å². The Morgan fingerprint density at radius 2 is 1.59 bits per heavy atom. The molecule has 4 aromatic rings. The molecule has 3 nitrogen and oxygen atoms in total. The molecule has 0 aliphatic carbocycles. The van der Waals surface area contributed by atoms with Crippen LogP contribution >= 0.6 is 0 Å². The van der Waals surface area contributed by atoms with Crippen LogP contribution in [0.3, 0.4) is 0 Å². The van der Waals surface area contributed by atoms with Crippen LogP contribution < -0.4 is 5.73 Å². The highest BCUT2D eigenvalue weighted by molar-refractivity contribution is 7.84. The molecule has 1 heterocycles. The Kier molecular flexibility index (Phi) is 2.98. The van der Waals surface area contributed by atoms with E-state index in [0.29, 0.717) is 5.69 Å². The van der Waals surface area contributed by atoms with Crippen molar-refractivity contribution in [1.29, 1.82) is 0 Å². The molecule has 0 aliphatic heterocycles. The minimum absolute atomic E-state index is 0.700. The van der Waals surface area contributed by atoms with Crippen LogP contribution in [-0.4, -0.2) is 8.18 Å². The smallest absolute Gasteiger partial charge is 0.157 e. The van der Waals surface area contributed by atoms with Crippen LogP contribution in [0.25, 0.3) is 21.7 Å². The first-order valence-corrected chi connectivity index (χ1v) is 8.12. The molecular formula is C18H14N2OS. The molecule has 1 aromatic heterocycles. The van der Waals surface area contributed by atoms with E-state index in [1.807, 2.05) is 72.9 Å². The highest BCUT2D eigenvalue weighted by Crippen LogP contribution is 2.27. The number of nitrogen functional groups attached to an aromatic ring is 1. The lowest BCUT2D eigenvalue weighted by atomic mass is 10.1.